The van der Waals surface area contributed by atoms with Gasteiger partial charge in [0.25, 0.3) is 12.3 Å². The number of rotatable bonds is 6. The number of hydrogen-bond acceptors (Lipinski definition) is 3. The molecule has 1 aromatic carbocycles. The van der Waals surface area contributed by atoms with E-state index in [9.17, 15) is 13.6 Å². The molecule has 1 rings (SSSR count). The molecule has 3 N–H and O–H groups in total. The van der Waals surface area contributed by atoms with Gasteiger partial charge >= 0.3 is 0 Å². The molecule has 0 unspecified atom stereocenters. The number of alkyl halides is 2. The van der Waals surface area contributed by atoms with E-state index < -0.39 is 13.0 Å². The maximum absolute atomic E-state index is 11.8. The van der Waals surface area contributed by atoms with Crippen molar-refractivity contribution in [3.63, 3.8) is 0 Å². The van der Waals surface area contributed by atoms with E-state index >= 15 is 0 Å². The van der Waals surface area contributed by atoms with Crippen LogP contribution in [0.2, 0.25) is 0 Å². The number of carbonyl (C=O) groups excluding carboxylic acids is 1. The first-order chi connectivity index (χ1) is 8.52. The van der Waals surface area contributed by atoms with Gasteiger partial charge in [0.15, 0.2) is 0 Å². The highest BCUT2D eigenvalue weighted by Crippen LogP contribution is 2.23. The van der Waals surface area contributed by atoms with Gasteiger partial charge in [0, 0.05) is 12.2 Å². The van der Waals surface area contributed by atoms with Crippen molar-refractivity contribution in [2.45, 2.75) is 6.43 Å². The van der Waals surface area contributed by atoms with Gasteiger partial charge in [0.2, 0.25) is 0 Å². The Bertz CT molecular complexity index is 416. The fraction of sp³-hybridized carbons (Fsp3) is 0.364. The van der Waals surface area contributed by atoms with E-state index in [4.69, 9.17) is 5.73 Å². The standard InChI is InChI=1S/C11H13BrF2N2O2/c12-10-7(2-1-3-8(10)15)11(17)16-4-5-18-6-9(13)14/h1-3,9H,4-6,15H2,(H,16,17). The van der Waals surface area contributed by atoms with E-state index in [0.29, 0.717) is 15.7 Å². The number of halogens is 3. The summed E-state index contributed by atoms with van der Waals surface area (Å²) in [7, 11) is 0. The van der Waals surface area contributed by atoms with Gasteiger partial charge in [0.1, 0.15) is 6.61 Å². The van der Waals surface area contributed by atoms with Crippen molar-refractivity contribution in [3.8, 4) is 0 Å². The van der Waals surface area contributed by atoms with Gasteiger partial charge in [0.05, 0.1) is 16.6 Å². The van der Waals surface area contributed by atoms with Crippen molar-refractivity contribution in [1.82, 2.24) is 5.32 Å². The average Bonchev–Trinajstić information content (AvgIpc) is 2.31. The van der Waals surface area contributed by atoms with Crippen LogP contribution in [-0.2, 0) is 4.74 Å². The van der Waals surface area contributed by atoms with Gasteiger partial charge in [-0.2, -0.15) is 0 Å². The number of hydrogen-bond donors (Lipinski definition) is 2. The smallest absolute Gasteiger partial charge is 0.261 e. The van der Waals surface area contributed by atoms with E-state index in [1.54, 1.807) is 18.2 Å². The van der Waals surface area contributed by atoms with Crippen molar-refractivity contribution < 1.29 is 18.3 Å². The third-order valence-electron chi connectivity index (χ3n) is 2.05. The van der Waals surface area contributed by atoms with Crippen LogP contribution in [0.3, 0.4) is 0 Å². The van der Waals surface area contributed by atoms with E-state index in [2.05, 4.69) is 26.0 Å². The Hall–Kier alpha value is -1.21. The van der Waals surface area contributed by atoms with Crippen LogP contribution < -0.4 is 11.1 Å². The summed E-state index contributed by atoms with van der Waals surface area (Å²) in [4.78, 5) is 11.7. The fourth-order valence-electron chi connectivity index (χ4n) is 1.23. The Morgan fingerprint density at radius 1 is 1.50 bits per heavy atom. The maximum Gasteiger partial charge on any atom is 0.261 e. The lowest BCUT2D eigenvalue weighted by Crippen LogP contribution is -2.28. The van der Waals surface area contributed by atoms with Crippen LogP contribution >= 0.6 is 15.9 Å². The Morgan fingerprint density at radius 3 is 2.89 bits per heavy atom. The molecule has 0 saturated heterocycles. The van der Waals surface area contributed by atoms with Crippen LogP contribution in [0.25, 0.3) is 0 Å². The first kappa shape index (κ1) is 14.8. The first-order valence-corrected chi connectivity index (χ1v) is 5.99. The minimum Gasteiger partial charge on any atom is -0.398 e. The molecule has 0 radical (unpaired) electrons. The number of nitrogens with one attached hydrogen (secondary N) is 1. The van der Waals surface area contributed by atoms with Crippen LogP contribution in [0.1, 0.15) is 10.4 Å². The second-order valence-electron chi connectivity index (χ2n) is 3.43. The third kappa shape index (κ3) is 4.58. The van der Waals surface area contributed by atoms with Crippen molar-refractivity contribution in [2.75, 3.05) is 25.5 Å². The van der Waals surface area contributed by atoms with Crippen LogP contribution in [0.15, 0.2) is 22.7 Å². The number of nitrogen functional groups attached to an aromatic ring is 1. The second-order valence-corrected chi connectivity index (χ2v) is 4.22. The number of benzene rings is 1. The second kappa shape index (κ2) is 7.27. The molecule has 100 valence electrons. The Balaban J connectivity index is 2.39. The molecule has 0 fully saturated rings. The fourth-order valence-corrected chi connectivity index (χ4v) is 1.67. The van der Waals surface area contributed by atoms with Gasteiger partial charge in [-0.25, -0.2) is 8.78 Å². The number of anilines is 1. The molecule has 1 aromatic rings. The highest BCUT2D eigenvalue weighted by atomic mass is 79.9. The molecule has 0 saturated carbocycles. The molecule has 0 atom stereocenters. The molecule has 1 amide bonds. The summed E-state index contributed by atoms with van der Waals surface area (Å²) < 4.78 is 28.6. The normalized spacial score (nSPS) is 10.7. The van der Waals surface area contributed by atoms with Crippen molar-refractivity contribution in [2.24, 2.45) is 0 Å². The number of ether oxygens (including phenoxy) is 1. The van der Waals surface area contributed by atoms with Crippen molar-refractivity contribution in [3.05, 3.63) is 28.2 Å². The minimum absolute atomic E-state index is 0.0377. The molecule has 0 aliphatic rings. The topological polar surface area (TPSA) is 64.4 Å². The van der Waals surface area contributed by atoms with Gasteiger partial charge in [-0.3, -0.25) is 4.79 Å². The molecule has 0 aliphatic carbocycles. The molecule has 0 aromatic heterocycles. The zero-order chi connectivity index (χ0) is 13.5. The SMILES string of the molecule is Nc1cccc(C(=O)NCCOCC(F)F)c1Br. The van der Waals surface area contributed by atoms with Gasteiger partial charge < -0.3 is 15.8 Å². The van der Waals surface area contributed by atoms with Gasteiger partial charge in [-0.05, 0) is 28.1 Å². The van der Waals surface area contributed by atoms with Crippen molar-refractivity contribution in [1.29, 1.82) is 0 Å². The Kier molecular flexibility index (Phi) is 6.00. The summed E-state index contributed by atoms with van der Waals surface area (Å²) >= 11 is 3.21. The predicted molar refractivity (Wildman–Crippen MR) is 67.7 cm³/mol. The molecule has 18 heavy (non-hydrogen) atoms. The van der Waals surface area contributed by atoms with Crippen molar-refractivity contribution >= 4 is 27.5 Å². The molecule has 4 nitrogen and oxygen atoms in total. The van der Waals surface area contributed by atoms with Crippen LogP contribution in [0.4, 0.5) is 14.5 Å². The van der Waals surface area contributed by atoms with Crippen LogP contribution in [-0.4, -0.2) is 32.1 Å². The highest BCUT2D eigenvalue weighted by molar-refractivity contribution is 9.10. The monoisotopic (exact) mass is 322 g/mol. The number of amides is 1. The molecule has 7 heteroatoms. The lowest BCUT2D eigenvalue weighted by molar-refractivity contribution is 0.0188. The molecular weight excluding hydrogens is 310 g/mol. The summed E-state index contributed by atoms with van der Waals surface area (Å²) in [5, 5.41) is 2.55. The molecule has 0 bridgehead atoms. The first-order valence-electron chi connectivity index (χ1n) is 5.20. The summed E-state index contributed by atoms with van der Waals surface area (Å²) in [6, 6.07) is 4.92. The molecular formula is C11H13BrF2N2O2. The van der Waals surface area contributed by atoms with E-state index in [1.807, 2.05) is 0 Å². The minimum atomic E-state index is -2.50. The summed E-state index contributed by atoms with van der Waals surface area (Å²) in [5.41, 5.74) is 6.48. The van der Waals surface area contributed by atoms with E-state index in [-0.39, 0.29) is 19.1 Å². The average molecular weight is 323 g/mol. The molecule has 0 heterocycles. The van der Waals surface area contributed by atoms with E-state index in [1.165, 1.54) is 0 Å². The highest BCUT2D eigenvalue weighted by Gasteiger charge is 2.11. The quantitative estimate of drug-likeness (QED) is 0.622. The number of carbonyl (C=O) groups is 1. The Labute approximate surface area is 112 Å². The Morgan fingerprint density at radius 2 is 2.22 bits per heavy atom. The van der Waals surface area contributed by atoms with Crippen LogP contribution in [0.5, 0.6) is 0 Å². The zero-order valence-corrected chi connectivity index (χ0v) is 11.0. The van der Waals surface area contributed by atoms with E-state index in [0.717, 1.165) is 0 Å². The number of nitrogens with two attached hydrogens (primary N) is 1. The lowest BCUT2D eigenvalue weighted by Gasteiger charge is -2.08. The van der Waals surface area contributed by atoms with Crippen LogP contribution in [0, 0.1) is 0 Å². The molecule has 0 aliphatic heterocycles. The predicted octanol–water partition coefficient (Wildman–Crippen LogP) is 2.04. The zero-order valence-electron chi connectivity index (χ0n) is 9.46. The van der Waals surface area contributed by atoms with Gasteiger partial charge in [-0.15, -0.1) is 0 Å². The largest absolute Gasteiger partial charge is 0.398 e. The molecule has 0 spiro atoms. The summed E-state index contributed by atoms with van der Waals surface area (Å²) in [6.07, 6.45) is -2.50. The van der Waals surface area contributed by atoms with Gasteiger partial charge in [-0.1, -0.05) is 6.07 Å². The maximum atomic E-state index is 11.8. The summed E-state index contributed by atoms with van der Waals surface area (Å²) in [5.74, 6) is -0.338. The summed E-state index contributed by atoms with van der Waals surface area (Å²) in [6.45, 7) is -0.430. The lowest BCUT2D eigenvalue weighted by atomic mass is 10.2. The third-order valence-corrected chi connectivity index (χ3v) is 2.93.